The maximum absolute atomic E-state index is 2.55. The number of benzene rings is 12. The Morgan fingerprint density at radius 3 is 1.20 bits per heavy atom. The van der Waals surface area contributed by atoms with Crippen molar-refractivity contribution in [3.8, 4) is 44.5 Å². The second-order valence-electron chi connectivity index (χ2n) is 21.3. The molecule has 0 bridgehead atoms. The van der Waals surface area contributed by atoms with Crippen LogP contribution in [0.15, 0.2) is 255 Å². The van der Waals surface area contributed by atoms with Gasteiger partial charge in [0.05, 0.1) is 0 Å². The van der Waals surface area contributed by atoms with E-state index in [0.29, 0.717) is 0 Å². The van der Waals surface area contributed by atoms with Gasteiger partial charge in [-0.1, -0.05) is 191 Å². The monoisotopic (exact) mass is 946 g/mol. The summed E-state index contributed by atoms with van der Waals surface area (Å²) in [6.07, 6.45) is 0. The molecule has 0 saturated heterocycles. The van der Waals surface area contributed by atoms with Crippen molar-refractivity contribution in [1.82, 2.24) is 0 Å². The average Bonchev–Trinajstić information content (AvgIpc) is 3.81. The van der Waals surface area contributed by atoms with E-state index < -0.39 is 0 Å². The van der Waals surface area contributed by atoms with Gasteiger partial charge in [0.15, 0.2) is 0 Å². The highest BCUT2D eigenvalue weighted by Crippen LogP contribution is 2.58. The Morgan fingerprint density at radius 2 is 0.676 bits per heavy atom. The zero-order valence-electron chi connectivity index (χ0n) is 42.1. The summed E-state index contributed by atoms with van der Waals surface area (Å²) in [4.78, 5) is 4.82. The minimum Gasteiger partial charge on any atom is -0.310 e. The molecule has 0 heterocycles. The first-order valence-electron chi connectivity index (χ1n) is 26.0. The minimum atomic E-state index is -0.269. The van der Waals surface area contributed by atoms with E-state index in [1.165, 1.54) is 99.1 Å². The molecule has 12 aromatic rings. The maximum Gasteiger partial charge on any atom is 0.0465 e. The molecule has 2 aliphatic rings. The average molecular weight is 947 g/mol. The van der Waals surface area contributed by atoms with Crippen LogP contribution >= 0.6 is 0 Å². The lowest BCUT2D eigenvalue weighted by Crippen LogP contribution is -2.25. The number of hydrogen-bond acceptors (Lipinski definition) is 2. The van der Waals surface area contributed by atoms with Crippen molar-refractivity contribution >= 4 is 66.4 Å². The van der Waals surface area contributed by atoms with Gasteiger partial charge in [0.2, 0.25) is 0 Å². The van der Waals surface area contributed by atoms with Gasteiger partial charge in [-0.3, -0.25) is 0 Å². The van der Waals surface area contributed by atoms with Gasteiger partial charge in [-0.15, -0.1) is 0 Å². The van der Waals surface area contributed by atoms with Crippen LogP contribution in [0.4, 0.5) is 34.1 Å². The lowest BCUT2D eigenvalue weighted by Gasteiger charge is -2.37. The summed E-state index contributed by atoms with van der Waals surface area (Å²) in [5, 5.41) is 7.72. The summed E-state index contributed by atoms with van der Waals surface area (Å²) >= 11 is 0. The summed E-state index contributed by atoms with van der Waals surface area (Å²) in [5.74, 6) is 0. The lowest BCUT2D eigenvalue weighted by molar-refractivity contribution is 0.644. The number of nitrogens with zero attached hydrogens (tertiary/aromatic N) is 2. The molecule has 12 aromatic carbocycles. The Kier molecular flexibility index (Phi) is 9.94. The Balaban J connectivity index is 0.855. The van der Waals surface area contributed by atoms with E-state index in [4.69, 9.17) is 0 Å². The van der Waals surface area contributed by atoms with Gasteiger partial charge in [0.25, 0.3) is 0 Å². The zero-order chi connectivity index (χ0) is 49.7. The first-order valence-corrected chi connectivity index (χ1v) is 26.0. The Hall–Kier alpha value is -8.98. The van der Waals surface area contributed by atoms with Crippen molar-refractivity contribution < 1.29 is 0 Å². The highest BCUT2D eigenvalue weighted by molar-refractivity contribution is 6.13. The molecule has 0 aromatic heterocycles. The molecule has 0 atom stereocenters. The maximum atomic E-state index is 2.55. The molecule has 0 saturated carbocycles. The fourth-order valence-corrected chi connectivity index (χ4v) is 12.5. The summed E-state index contributed by atoms with van der Waals surface area (Å²) in [6.45, 7) is 9.69. The van der Waals surface area contributed by atoms with Gasteiger partial charge in [-0.25, -0.2) is 0 Å². The van der Waals surface area contributed by atoms with Gasteiger partial charge in [-0.05, 0) is 190 Å². The molecule has 2 nitrogen and oxygen atoms in total. The standard InChI is InChI=1S/C72H54N2/c1-71(2)65-25-15-24-63-69-62-41-39-60(74(56-22-9-6-10-23-56)58-36-32-50(33-37-58)54-29-27-48-17-12-14-19-52(48)43-54)45-67(62)72(3,4)68(69)46-64(70(63)65)61-40-38-59(44-66(61)71)73(55-20-7-5-8-21-55)57-34-30-49(31-35-57)53-28-26-47-16-11-13-18-51(47)42-53/h5-46H,1-4H3. The van der Waals surface area contributed by atoms with Gasteiger partial charge in [-0.2, -0.15) is 0 Å². The van der Waals surface area contributed by atoms with Crippen molar-refractivity contribution in [3.05, 3.63) is 277 Å². The predicted molar refractivity (Wildman–Crippen MR) is 314 cm³/mol. The van der Waals surface area contributed by atoms with Crippen LogP contribution in [0.3, 0.4) is 0 Å². The topological polar surface area (TPSA) is 6.48 Å². The van der Waals surface area contributed by atoms with Crippen LogP contribution in [0.1, 0.15) is 49.9 Å². The van der Waals surface area contributed by atoms with Crippen LogP contribution < -0.4 is 9.80 Å². The van der Waals surface area contributed by atoms with Gasteiger partial charge >= 0.3 is 0 Å². The van der Waals surface area contributed by atoms with Gasteiger partial charge in [0, 0.05) is 45.0 Å². The molecule has 352 valence electrons. The number of anilines is 6. The van der Waals surface area contributed by atoms with Gasteiger partial charge in [0.1, 0.15) is 0 Å². The SMILES string of the molecule is CC1(C)c2cc(N(c3ccccc3)c3ccc(-c4ccc5ccccc5c4)cc3)ccc2-c2c1cc1c3c(cccc23)C(C)(C)c2cc(N(c3ccccc3)c3ccc(-c4ccc5ccccc5c4)cc3)ccc2-1. The fourth-order valence-electron chi connectivity index (χ4n) is 12.5. The Morgan fingerprint density at radius 1 is 0.257 bits per heavy atom. The van der Waals surface area contributed by atoms with Crippen LogP contribution in [-0.2, 0) is 10.8 Å². The van der Waals surface area contributed by atoms with Crippen LogP contribution in [-0.4, -0.2) is 0 Å². The molecule has 2 heteroatoms. The van der Waals surface area contributed by atoms with Crippen LogP contribution in [0.2, 0.25) is 0 Å². The van der Waals surface area contributed by atoms with Crippen molar-refractivity contribution in [2.75, 3.05) is 9.80 Å². The van der Waals surface area contributed by atoms with E-state index in [1.54, 1.807) is 0 Å². The highest BCUT2D eigenvalue weighted by Gasteiger charge is 2.41. The highest BCUT2D eigenvalue weighted by atomic mass is 15.1. The smallest absolute Gasteiger partial charge is 0.0465 e. The van der Waals surface area contributed by atoms with Crippen molar-refractivity contribution in [2.45, 2.75) is 38.5 Å². The third-order valence-corrected chi connectivity index (χ3v) is 16.4. The number of rotatable bonds is 8. The van der Waals surface area contributed by atoms with E-state index >= 15 is 0 Å². The van der Waals surface area contributed by atoms with E-state index in [-0.39, 0.29) is 10.8 Å². The lowest BCUT2D eigenvalue weighted by atomic mass is 9.67. The first kappa shape index (κ1) is 43.8. The zero-order valence-corrected chi connectivity index (χ0v) is 42.1. The van der Waals surface area contributed by atoms with Gasteiger partial charge < -0.3 is 9.80 Å². The summed E-state index contributed by atoms with van der Waals surface area (Å²) in [6, 6.07) is 94.4. The molecule has 0 unspecified atom stereocenters. The predicted octanol–water partition coefficient (Wildman–Crippen LogP) is 20.0. The molecule has 0 radical (unpaired) electrons. The molecule has 0 amide bonds. The van der Waals surface area contributed by atoms with E-state index in [9.17, 15) is 0 Å². The summed E-state index contributed by atoms with van der Waals surface area (Å²) < 4.78 is 0. The number of hydrogen-bond donors (Lipinski definition) is 0. The molecule has 2 aliphatic carbocycles. The van der Waals surface area contributed by atoms with Crippen LogP contribution in [0.5, 0.6) is 0 Å². The molecular formula is C72H54N2. The van der Waals surface area contributed by atoms with Crippen molar-refractivity contribution in [1.29, 1.82) is 0 Å². The summed E-state index contributed by atoms with van der Waals surface area (Å²) in [7, 11) is 0. The third-order valence-electron chi connectivity index (χ3n) is 16.4. The largest absolute Gasteiger partial charge is 0.310 e. The number of para-hydroxylation sites is 2. The van der Waals surface area contributed by atoms with E-state index in [0.717, 1.165) is 34.1 Å². The molecule has 74 heavy (non-hydrogen) atoms. The quantitative estimate of drug-likeness (QED) is 0.150. The first-order chi connectivity index (χ1) is 36.2. The molecule has 14 rings (SSSR count). The Labute approximate surface area is 434 Å². The van der Waals surface area contributed by atoms with E-state index in [1.807, 2.05) is 0 Å². The van der Waals surface area contributed by atoms with E-state index in [2.05, 4.69) is 292 Å². The number of fused-ring (bicyclic) bond motifs is 8. The molecular weight excluding hydrogens is 893 g/mol. The van der Waals surface area contributed by atoms with Crippen molar-refractivity contribution in [2.24, 2.45) is 0 Å². The molecule has 0 N–H and O–H groups in total. The minimum absolute atomic E-state index is 0.264. The Bertz CT molecular complexity index is 4170. The summed E-state index contributed by atoms with van der Waals surface area (Å²) in [5.41, 5.74) is 21.8. The fraction of sp³-hybridized carbons (Fsp3) is 0.0833. The van der Waals surface area contributed by atoms with Crippen LogP contribution in [0, 0.1) is 0 Å². The van der Waals surface area contributed by atoms with Crippen LogP contribution in [0.25, 0.3) is 76.8 Å². The van der Waals surface area contributed by atoms with Crippen molar-refractivity contribution in [3.63, 3.8) is 0 Å². The second kappa shape index (κ2) is 16.8. The third kappa shape index (κ3) is 6.93. The molecule has 0 spiro atoms. The molecule has 0 fully saturated rings. The normalized spacial score (nSPS) is 13.6. The second-order valence-corrected chi connectivity index (χ2v) is 21.3. The molecule has 0 aliphatic heterocycles.